The number of phosphoric acid groups is 1. The first-order valence-corrected chi connectivity index (χ1v) is 10.7. The van der Waals surface area contributed by atoms with Crippen LogP contribution in [0.4, 0.5) is 4.39 Å². The molecule has 4 rings (SSSR count). The summed E-state index contributed by atoms with van der Waals surface area (Å²) >= 11 is 0. The van der Waals surface area contributed by atoms with E-state index in [1.54, 1.807) is 30.3 Å². The lowest BCUT2D eigenvalue weighted by Crippen LogP contribution is -2.41. The van der Waals surface area contributed by atoms with Gasteiger partial charge in [-0.3, -0.25) is 0 Å². The summed E-state index contributed by atoms with van der Waals surface area (Å²) in [7, 11) is -4.64. The van der Waals surface area contributed by atoms with E-state index in [9.17, 15) is 8.96 Å². The van der Waals surface area contributed by atoms with E-state index in [2.05, 4.69) is 0 Å². The van der Waals surface area contributed by atoms with E-state index < -0.39 is 7.82 Å². The van der Waals surface area contributed by atoms with Gasteiger partial charge in [0.1, 0.15) is 11.6 Å². The second-order valence-electron chi connectivity index (χ2n) is 6.99. The average molecular weight is 425 g/mol. The van der Waals surface area contributed by atoms with Gasteiger partial charge in [-0.05, 0) is 42.2 Å². The molecule has 8 nitrogen and oxygen atoms in total. The highest BCUT2D eigenvalue weighted by Crippen LogP contribution is 2.41. The van der Waals surface area contributed by atoms with E-state index in [1.807, 2.05) is 0 Å². The summed E-state index contributed by atoms with van der Waals surface area (Å²) in [6.45, 7) is 1.05. The topological polar surface area (TPSA) is 97.7 Å². The van der Waals surface area contributed by atoms with Crippen molar-refractivity contribution in [3.8, 4) is 17.2 Å². The zero-order chi connectivity index (χ0) is 20.4. The molecule has 1 saturated heterocycles. The van der Waals surface area contributed by atoms with E-state index >= 15 is 0 Å². The number of nitrogens with zero attached hydrogens (tertiary/aromatic N) is 1. The molecule has 2 atom stereocenters. The van der Waals surface area contributed by atoms with Crippen LogP contribution in [0.5, 0.6) is 17.2 Å². The summed E-state index contributed by atoms with van der Waals surface area (Å²) in [6.07, 6.45) is 0.584. The molecule has 0 bridgehead atoms. The third-order valence-electron chi connectivity index (χ3n) is 5.02. The van der Waals surface area contributed by atoms with Gasteiger partial charge in [-0.15, -0.1) is 0 Å². The minimum atomic E-state index is -4.64. The van der Waals surface area contributed by atoms with Crippen LogP contribution in [0, 0.1) is 11.7 Å². The Morgan fingerprint density at radius 3 is 2.66 bits per heavy atom. The molecule has 29 heavy (non-hydrogen) atoms. The van der Waals surface area contributed by atoms with E-state index in [0.717, 1.165) is 5.56 Å². The lowest BCUT2D eigenvalue weighted by Gasteiger charge is -2.37. The Kier molecular flexibility index (Phi) is 5.76. The number of piperidine rings is 1. The number of rotatable bonds is 6. The smallest absolute Gasteiger partial charge is 0.486 e. The number of hydrogen-bond acceptors (Lipinski definition) is 6. The van der Waals surface area contributed by atoms with Crippen LogP contribution in [0.2, 0.25) is 0 Å². The molecule has 10 heteroatoms. The van der Waals surface area contributed by atoms with Gasteiger partial charge in [-0.1, -0.05) is 12.1 Å². The summed E-state index contributed by atoms with van der Waals surface area (Å²) < 4.78 is 45.9. The third-order valence-corrected chi connectivity index (χ3v) is 5.47. The van der Waals surface area contributed by atoms with Crippen LogP contribution in [0.25, 0.3) is 0 Å². The van der Waals surface area contributed by atoms with Crippen molar-refractivity contribution >= 4 is 7.82 Å². The van der Waals surface area contributed by atoms with Crippen molar-refractivity contribution in [3.63, 3.8) is 0 Å². The second-order valence-corrected chi connectivity index (χ2v) is 8.14. The minimum Gasteiger partial charge on any atom is -0.493 e. The average Bonchev–Trinajstić information content (AvgIpc) is 3.14. The number of fused-ring (bicyclic) bond motifs is 1. The SMILES string of the molecule is O=P(O)(O)ON1CC[C@@H](c2ccc(F)cc2)[C@H](COc2ccc3c(c2)OCO3)C1. The lowest BCUT2D eigenvalue weighted by atomic mass is 9.81. The van der Waals surface area contributed by atoms with Crippen LogP contribution in [0.3, 0.4) is 0 Å². The van der Waals surface area contributed by atoms with Gasteiger partial charge in [0, 0.05) is 25.1 Å². The maximum absolute atomic E-state index is 13.3. The van der Waals surface area contributed by atoms with E-state index in [0.29, 0.717) is 30.2 Å². The predicted molar refractivity (Wildman–Crippen MR) is 100 cm³/mol. The molecule has 2 aliphatic heterocycles. The Morgan fingerprint density at radius 2 is 1.90 bits per heavy atom. The molecule has 1 fully saturated rings. The lowest BCUT2D eigenvalue weighted by molar-refractivity contribution is -0.114. The number of halogens is 1. The predicted octanol–water partition coefficient (Wildman–Crippen LogP) is 3.06. The number of ether oxygens (including phenoxy) is 3. The molecule has 0 amide bonds. The van der Waals surface area contributed by atoms with Gasteiger partial charge in [0.2, 0.25) is 6.79 Å². The van der Waals surface area contributed by atoms with Gasteiger partial charge in [-0.2, -0.15) is 9.69 Å². The molecule has 2 aromatic rings. The van der Waals surface area contributed by atoms with E-state index in [1.165, 1.54) is 17.2 Å². The monoisotopic (exact) mass is 425 g/mol. The molecule has 0 radical (unpaired) electrons. The van der Waals surface area contributed by atoms with Crippen molar-refractivity contribution in [1.29, 1.82) is 0 Å². The Bertz CT molecular complexity index is 904. The molecule has 0 spiro atoms. The van der Waals surface area contributed by atoms with Gasteiger partial charge in [0.05, 0.1) is 6.61 Å². The fourth-order valence-electron chi connectivity index (χ4n) is 3.71. The summed E-state index contributed by atoms with van der Waals surface area (Å²) in [5, 5.41) is 1.27. The summed E-state index contributed by atoms with van der Waals surface area (Å²) in [4.78, 5) is 18.2. The van der Waals surface area contributed by atoms with Gasteiger partial charge >= 0.3 is 7.82 Å². The molecule has 2 aliphatic rings. The second kappa shape index (κ2) is 8.30. The highest BCUT2D eigenvalue weighted by molar-refractivity contribution is 7.46. The van der Waals surface area contributed by atoms with Gasteiger partial charge < -0.3 is 24.0 Å². The molecule has 0 aliphatic carbocycles. The highest BCUT2D eigenvalue weighted by atomic mass is 31.2. The van der Waals surface area contributed by atoms with Crippen molar-refractivity contribution in [2.75, 3.05) is 26.5 Å². The summed E-state index contributed by atoms with van der Waals surface area (Å²) in [6, 6.07) is 11.5. The minimum absolute atomic E-state index is 0.0289. The van der Waals surface area contributed by atoms with Crippen LogP contribution in [0.1, 0.15) is 17.9 Å². The van der Waals surface area contributed by atoms with Crippen molar-refractivity contribution in [2.45, 2.75) is 12.3 Å². The zero-order valence-corrected chi connectivity index (χ0v) is 16.3. The Labute approximate surface area is 167 Å². The first kappa shape index (κ1) is 20.1. The molecule has 156 valence electrons. The van der Waals surface area contributed by atoms with Crippen molar-refractivity contribution in [3.05, 3.63) is 53.8 Å². The normalized spacial score (nSPS) is 21.9. The number of benzene rings is 2. The third kappa shape index (κ3) is 5.07. The molecule has 0 saturated carbocycles. The molecular weight excluding hydrogens is 404 g/mol. The maximum Gasteiger partial charge on any atom is 0.486 e. The van der Waals surface area contributed by atoms with Gasteiger partial charge in [0.25, 0.3) is 0 Å². The molecule has 2 heterocycles. The Hall–Kier alpha value is -2.16. The van der Waals surface area contributed by atoms with Crippen molar-refractivity contribution < 1.29 is 37.6 Å². The first-order chi connectivity index (χ1) is 13.9. The van der Waals surface area contributed by atoms with Crippen LogP contribution >= 0.6 is 7.82 Å². The number of hydrogen-bond donors (Lipinski definition) is 2. The summed E-state index contributed by atoms with van der Waals surface area (Å²) in [5.41, 5.74) is 0.946. The van der Waals surface area contributed by atoms with Crippen LogP contribution in [0.15, 0.2) is 42.5 Å². The van der Waals surface area contributed by atoms with E-state index in [4.69, 9.17) is 28.6 Å². The molecule has 2 N–H and O–H groups in total. The molecular formula is C19H21FNO7P. The fraction of sp³-hybridized carbons (Fsp3) is 0.368. The van der Waals surface area contributed by atoms with Crippen molar-refractivity contribution in [2.24, 2.45) is 5.92 Å². The molecule has 2 aromatic carbocycles. The number of hydroxylamine groups is 2. The largest absolute Gasteiger partial charge is 0.493 e. The van der Waals surface area contributed by atoms with Gasteiger partial charge in [-0.25, -0.2) is 8.96 Å². The Morgan fingerprint density at radius 1 is 1.14 bits per heavy atom. The first-order valence-electron chi connectivity index (χ1n) is 9.15. The quantitative estimate of drug-likeness (QED) is 0.682. The zero-order valence-electron chi connectivity index (χ0n) is 15.4. The summed E-state index contributed by atoms with van der Waals surface area (Å²) in [5.74, 6) is 1.44. The van der Waals surface area contributed by atoms with Crippen LogP contribution in [-0.4, -0.2) is 41.3 Å². The standard InChI is InChI=1S/C19H21FNO7P/c20-15-3-1-13(2-4-15)17-7-8-21(28-29(22,23)24)10-14(17)11-25-16-5-6-18-19(9-16)27-12-26-18/h1-6,9,14,17H,7-8,10-12H2,(H2,22,23,24)/t14-,17-/m0/s1. The van der Waals surface area contributed by atoms with Crippen LogP contribution < -0.4 is 14.2 Å². The maximum atomic E-state index is 13.3. The van der Waals surface area contributed by atoms with E-state index in [-0.39, 0.29) is 37.6 Å². The highest BCUT2D eigenvalue weighted by Gasteiger charge is 2.34. The van der Waals surface area contributed by atoms with Crippen molar-refractivity contribution in [1.82, 2.24) is 5.06 Å². The van der Waals surface area contributed by atoms with Gasteiger partial charge in [0.15, 0.2) is 11.5 Å². The molecule has 0 unspecified atom stereocenters. The Balaban J connectivity index is 1.49. The van der Waals surface area contributed by atoms with Crippen LogP contribution in [-0.2, 0) is 9.19 Å². The molecule has 0 aromatic heterocycles. The fourth-order valence-corrected chi connectivity index (χ4v) is 4.16.